The average Bonchev–Trinajstić information content (AvgIpc) is 3.12. The van der Waals surface area contributed by atoms with Gasteiger partial charge in [-0.2, -0.15) is 0 Å². The molecule has 0 heterocycles. The molecule has 0 atom stereocenters. The van der Waals surface area contributed by atoms with Crippen LogP contribution in [0.25, 0.3) is 0 Å². The molecule has 0 aliphatic rings. The molecular weight excluding hydrogens is 650 g/mol. The zero-order valence-corrected chi connectivity index (χ0v) is 28.8. The van der Waals surface area contributed by atoms with E-state index >= 15 is 0 Å². The van der Waals surface area contributed by atoms with Crippen LogP contribution < -0.4 is 35.2 Å². The van der Waals surface area contributed by atoms with Gasteiger partial charge in [0, 0.05) is 0 Å². The van der Waals surface area contributed by atoms with E-state index in [-0.39, 0.29) is 0 Å². The summed E-state index contributed by atoms with van der Waals surface area (Å²) in [6, 6.07) is 77.6. The summed E-state index contributed by atoms with van der Waals surface area (Å²) in [6.45, 7) is 0. The predicted molar refractivity (Wildman–Crippen MR) is 194 cm³/mol. The van der Waals surface area contributed by atoms with Crippen LogP contribution in [0.2, 0.25) is 0 Å². The number of hydrogen-bond donors (Lipinski definition) is 0. The van der Waals surface area contributed by atoms with Crippen molar-refractivity contribution in [2.45, 2.75) is 0 Å². The van der Waals surface area contributed by atoms with Gasteiger partial charge in [-0.25, -0.2) is 0 Å². The third-order valence-corrected chi connectivity index (χ3v) is 29.0. The summed E-state index contributed by atoms with van der Waals surface area (Å²) in [7, 11) is 0. The number of rotatable bonds is 8. The number of hydrogen-bond acceptors (Lipinski definition) is 0. The van der Waals surface area contributed by atoms with Gasteiger partial charge in [-0.1, -0.05) is 0 Å². The first-order chi connectivity index (χ1) is 21.8. The molecule has 0 spiro atoms. The van der Waals surface area contributed by atoms with Crippen LogP contribution in [-0.2, 0) is 0 Å². The fourth-order valence-corrected chi connectivity index (χ4v) is 27.9. The van der Waals surface area contributed by atoms with E-state index in [4.69, 9.17) is 0 Å². The third kappa shape index (κ3) is 4.89. The summed E-state index contributed by atoms with van der Waals surface area (Å²) < 4.78 is 11.6. The SMILES string of the molecule is c1cc[c]([Ge]([c]2ccccc2)([c]2ccccc2)[c]2ccc[c]([Ge]([c]3ccccc3)([c]3ccccc3)[c]3ccccc3)c2)cc1. The fraction of sp³-hybridized carbons (Fsp3) is 0. The second kappa shape index (κ2) is 12.7. The normalized spacial score (nSPS) is 11.6. The Hall–Kier alpha value is -4.37. The van der Waals surface area contributed by atoms with Crippen LogP contribution in [0.5, 0.6) is 0 Å². The first-order valence-electron chi connectivity index (χ1n) is 15.3. The molecule has 0 aliphatic carbocycles. The molecule has 0 unspecified atom stereocenters. The van der Waals surface area contributed by atoms with Crippen LogP contribution in [0, 0.1) is 0 Å². The van der Waals surface area contributed by atoms with E-state index in [9.17, 15) is 0 Å². The van der Waals surface area contributed by atoms with Crippen LogP contribution >= 0.6 is 0 Å². The van der Waals surface area contributed by atoms with Gasteiger partial charge in [0.05, 0.1) is 0 Å². The minimum absolute atomic E-state index is 1.44. The van der Waals surface area contributed by atoms with Gasteiger partial charge in [-0.3, -0.25) is 0 Å². The van der Waals surface area contributed by atoms with Crippen LogP contribution in [0.4, 0.5) is 0 Å². The Bertz CT molecular complexity index is 1590. The zero-order chi connectivity index (χ0) is 29.7. The molecule has 0 aliphatic heterocycles. The van der Waals surface area contributed by atoms with E-state index in [0.29, 0.717) is 0 Å². The Morgan fingerprint density at radius 1 is 0.182 bits per heavy atom. The van der Waals surface area contributed by atoms with Crippen molar-refractivity contribution in [1.29, 1.82) is 0 Å². The van der Waals surface area contributed by atoms with Gasteiger partial charge in [-0.05, 0) is 0 Å². The second-order valence-corrected chi connectivity index (χ2v) is 27.3. The monoisotopic (exact) mass is 686 g/mol. The maximum atomic E-state index is 2.62. The Kier molecular flexibility index (Phi) is 8.20. The minimum atomic E-state index is -3.45. The van der Waals surface area contributed by atoms with Crippen LogP contribution in [0.15, 0.2) is 206 Å². The molecule has 2 heteroatoms. The zero-order valence-electron chi connectivity index (χ0n) is 24.6. The second-order valence-electron chi connectivity index (χ2n) is 11.3. The molecule has 0 fully saturated rings. The Balaban J connectivity index is 1.61. The molecule has 7 rings (SSSR count). The molecule has 7 aromatic rings. The van der Waals surface area contributed by atoms with Crippen molar-refractivity contribution in [1.82, 2.24) is 0 Å². The average molecular weight is 684 g/mol. The van der Waals surface area contributed by atoms with Gasteiger partial charge in [0.2, 0.25) is 0 Å². The summed E-state index contributed by atoms with van der Waals surface area (Å²) in [5.74, 6) is 0. The standard InChI is InChI=1S/C42H34Ge2/c1-7-20-35(21-8-1)43(36-22-9-2-10-23-36,37-24-11-3-12-25-37)41-32-19-33-42(34-41)44(38-26-13-4-14-27-38,39-28-15-5-16-29-39)40-30-17-6-18-31-40/h1-34H. The molecule has 0 bridgehead atoms. The topological polar surface area (TPSA) is 0 Å². The van der Waals surface area contributed by atoms with Crippen molar-refractivity contribution in [3.63, 3.8) is 0 Å². The van der Waals surface area contributed by atoms with E-state index in [1.807, 2.05) is 0 Å². The maximum absolute atomic E-state index is 3.45. The first kappa shape index (κ1) is 28.4. The van der Waals surface area contributed by atoms with Crippen molar-refractivity contribution in [2.24, 2.45) is 0 Å². The van der Waals surface area contributed by atoms with Gasteiger partial charge < -0.3 is 0 Å². The molecule has 0 saturated heterocycles. The van der Waals surface area contributed by atoms with Crippen LogP contribution in [0.1, 0.15) is 0 Å². The van der Waals surface area contributed by atoms with Crippen molar-refractivity contribution in [3.05, 3.63) is 206 Å². The van der Waals surface area contributed by atoms with E-state index in [0.717, 1.165) is 0 Å². The Morgan fingerprint density at radius 3 is 0.568 bits per heavy atom. The number of benzene rings is 7. The molecule has 0 aromatic heterocycles. The quantitative estimate of drug-likeness (QED) is 0.208. The van der Waals surface area contributed by atoms with Gasteiger partial charge in [0.1, 0.15) is 0 Å². The molecule has 0 amide bonds. The van der Waals surface area contributed by atoms with Gasteiger partial charge in [0.15, 0.2) is 0 Å². The molecule has 44 heavy (non-hydrogen) atoms. The van der Waals surface area contributed by atoms with Crippen molar-refractivity contribution >= 4 is 61.7 Å². The van der Waals surface area contributed by atoms with E-state index < -0.39 is 26.5 Å². The molecule has 0 N–H and O–H groups in total. The first-order valence-corrected chi connectivity index (χ1v) is 23.7. The van der Waals surface area contributed by atoms with Gasteiger partial charge in [0.25, 0.3) is 0 Å². The van der Waals surface area contributed by atoms with Crippen molar-refractivity contribution in [3.8, 4) is 0 Å². The summed E-state index contributed by atoms with van der Waals surface area (Å²) >= 11 is -6.89. The van der Waals surface area contributed by atoms with Crippen molar-refractivity contribution in [2.75, 3.05) is 0 Å². The summed E-state index contributed by atoms with van der Waals surface area (Å²) in [4.78, 5) is 0. The molecule has 0 saturated carbocycles. The summed E-state index contributed by atoms with van der Waals surface area (Å²) in [5.41, 5.74) is 0. The molecule has 0 nitrogen and oxygen atoms in total. The molecule has 0 radical (unpaired) electrons. The molecule has 210 valence electrons. The Labute approximate surface area is 266 Å². The predicted octanol–water partition coefficient (Wildman–Crippen LogP) is 4.44. The Morgan fingerprint density at radius 2 is 0.364 bits per heavy atom. The molecule has 7 aromatic carbocycles. The summed E-state index contributed by atoms with van der Waals surface area (Å²) in [5, 5.41) is 0. The summed E-state index contributed by atoms with van der Waals surface area (Å²) in [6.07, 6.45) is 0. The fourth-order valence-electron chi connectivity index (χ4n) is 7.11. The van der Waals surface area contributed by atoms with E-state index in [1.165, 1.54) is 35.2 Å². The van der Waals surface area contributed by atoms with Crippen LogP contribution in [-0.4, -0.2) is 26.5 Å². The van der Waals surface area contributed by atoms with Crippen molar-refractivity contribution < 1.29 is 0 Å². The van der Waals surface area contributed by atoms with Gasteiger partial charge >= 0.3 is 268 Å². The van der Waals surface area contributed by atoms with E-state index in [1.54, 1.807) is 0 Å². The van der Waals surface area contributed by atoms with Gasteiger partial charge in [-0.15, -0.1) is 0 Å². The molecular formula is C42H34Ge2. The van der Waals surface area contributed by atoms with E-state index in [2.05, 4.69) is 206 Å². The van der Waals surface area contributed by atoms with Crippen LogP contribution in [0.3, 0.4) is 0 Å². The third-order valence-electron chi connectivity index (χ3n) is 8.97.